The summed E-state index contributed by atoms with van der Waals surface area (Å²) >= 11 is 0. The molecule has 0 saturated carbocycles. The molecule has 1 aromatic rings. The van der Waals surface area contributed by atoms with Crippen LogP contribution < -0.4 is 0 Å². The van der Waals surface area contributed by atoms with Crippen molar-refractivity contribution in [2.24, 2.45) is 0 Å². The molecule has 0 fully saturated rings. The van der Waals surface area contributed by atoms with Crippen molar-refractivity contribution in [3.8, 4) is 0 Å². The molecule has 1 atom stereocenters. The van der Waals surface area contributed by atoms with Gasteiger partial charge in [-0.3, -0.25) is 0 Å². The molecule has 1 aromatic carbocycles. The highest BCUT2D eigenvalue weighted by atomic mass is 16.5. The molecular weight excluding hydrogens is 198 g/mol. The Kier molecular flexibility index (Phi) is 3.31. The van der Waals surface area contributed by atoms with E-state index in [1.54, 1.807) is 0 Å². The SMILES string of the molecule is CCC1(CCN(C)C)OCc2ccccc21. The van der Waals surface area contributed by atoms with Crippen LogP contribution >= 0.6 is 0 Å². The van der Waals surface area contributed by atoms with Crippen molar-refractivity contribution in [2.45, 2.75) is 32.0 Å². The zero-order chi connectivity index (χ0) is 11.6. The second-order valence-electron chi connectivity index (χ2n) is 4.85. The summed E-state index contributed by atoms with van der Waals surface area (Å²) in [4.78, 5) is 2.22. The second-order valence-corrected chi connectivity index (χ2v) is 4.85. The van der Waals surface area contributed by atoms with E-state index in [1.165, 1.54) is 11.1 Å². The maximum absolute atomic E-state index is 6.08. The van der Waals surface area contributed by atoms with E-state index in [1.807, 2.05) is 0 Å². The summed E-state index contributed by atoms with van der Waals surface area (Å²) in [6.07, 6.45) is 2.13. The molecule has 0 amide bonds. The molecule has 0 saturated heterocycles. The van der Waals surface area contributed by atoms with E-state index in [0.29, 0.717) is 0 Å². The van der Waals surface area contributed by atoms with Gasteiger partial charge in [0.1, 0.15) is 0 Å². The molecule has 1 aliphatic heterocycles. The number of fused-ring (bicyclic) bond motifs is 1. The summed E-state index contributed by atoms with van der Waals surface area (Å²) in [5.74, 6) is 0. The fraction of sp³-hybridized carbons (Fsp3) is 0.571. The summed E-state index contributed by atoms with van der Waals surface area (Å²) in [6.45, 7) is 4.07. The van der Waals surface area contributed by atoms with E-state index >= 15 is 0 Å². The predicted octanol–water partition coefficient (Wildman–Crippen LogP) is 2.77. The van der Waals surface area contributed by atoms with Crippen molar-refractivity contribution in [3.05, 3.63) is 35.4 Å². The highest BCUT2D eigenvalue weighted by molar-refractivity contribution is 5.35. The Morgan fingerprint density at radius 1 is 1.31 bits per heavy atom. The van der Waals surface area contributed by atoms with Crippen LogP contribution in [0.2, 0.25) is 0 Å². The van der Waals surface area contributed by atoms with E-state index in [9.17, 15) is 0 Å². The molecule has 16 heavy (non-hydrogen) atoms. The Hall–Kier alpha value is -0.860. The van der Waals surface area contributed by atoms with Crippen molar-refractivity contribution in [3.63, 3.8) is 0 Å². The van der Waals surface area contributed by atoms with Crippen LogP contribution in [-0.2, 0) is 16.9 Å². The minimum Gasteiger partial charge on any atom is -0.366 e. The summed E-state index contributed by atoms with van der Waals surface area (Å²) < 4.78 is 6.08. The van der Waals surface area contributed by atoms with Crippen LogP contribution in [-0.4, -0.2) is 25.5 Å². The van der Waals surface area contributed by atoms with E-state index in [2.05, 4.69) is 50.2 Å². The lowest BCUT2D eigenvalue weighted by molar-refractivity contribution is -0.0507. The van der Waals surface area contributed by atoms with Gasteiger partial charge in [-0.15, -0.1) is 0 Å². The molecule has 2 nitrogen and oxygen atoms in total. The molecule has 2 rings (SSSR count). The highest BCUT2D eigenvalue weighted by Crippen LogP contribution is 2.41. The molecule has 0 bridgehead atoms. The van der Waals surface area contributed by atoms with Gasteiger partial charge < -0.3 is 9.64 Å². The van der Waals surface area contributed by atoms with Crippen LogP contribution in [0.15, 0.2) is 24.3 Å². The smallest absolute Gasteiger partial charge is 0.0948 e. The number of hydrogen-bond acceptors (Lipinski definition) is 2. The molecule has 0 aromatic heterocycles. The molecule has 1 aliphatic rings. The van der Waals surface area contributed by atoms with Gasteiger partial charge >= 0.3 is 0 Å². The standard InChI is InChI=1S/C14H21NO/c1-4-14(9-10-15(2)3)13-8-6-5-7-12(13)11-16-14/h5-8H,4,9-11H2,1-3H3. The van der Waals surface area contributed by atoms with Crippen LogP contribution in [0.25, 0.3) is 0 Å². The highest BCUT2D eigenvalue weighted by Gasteiger charge is 2.37. The van der Waals surface area contributed by atoms with Crippen LogP contribution in [0.4, 0.5) is 0 Å². The summed E-state index contributed by atoms with van der Waals surface area (Å²) in [5, 5.41) is 0. The average Bonchev–Trinajstić information content (AvgIpc) is 2.66. The zero-order valence-electron chi connectivity index (χ0n) is 10.5. The van der Waals surface area contributed by atoms with E-state index in [0.717, 1.165) is 26.0 Å². The fourth-order valence-electron chi connectivity index (χ4n) is 2.46. The molecule has 0 spiro atoms. The quantitative estimate of drug-likeness (QED) is 0.772. The van der Waals surface area contributed by atoms with Crippen molar-refractivity contribution < 1.29 is 4.74 Å². The molecule has 1 heterocycles. The van der Waals surface area contributed by atoms with Crippen LogP contribution in [0, 0.1) is 0 Å². The van der Waals surface area contributed by atoms with Gasteiger partial charge in [-0.25, -0.2) is 0 Å². The van der Waals surface area contributed by atoms with Crippen molar-refractivity contribution >= 4 is 0 Å². The Bertz CT molecular complexity index is 362. The lowest BCUT2D eigenvalue weighted by Crippen LogP contribution is -2.29. The first-order valence-electron chi connectivity index (χ1n) is 6.05. The van der Waals surface area contributed by atoms with Crippen LogP contribution in [0.3, 0.4) is 0 Å². The van der Waals surface area contributed by atoms with Crippen LogP contribution in [0.5, 0.6) is 0 Å². The van der Waals surface area contributed by atoms with E-state index in [4.69, 9.17) is 4.74 Å². The van der Waals surface area contributed by atoms with E-state index < -0.39 is 0 Å². The summed E-state index contributed by atoms with van der Waals surface area (Å²) in [5.41, 5.74) is 2.73. The van der Waals surface area contributed by atoms with Gasteiger partial charge in [-0.05, 0) is 38.1 Å². The van der Waals surface area contributed by atoms with E-state index in [-0.39, 0.29) is 5.60 Å². The number of ether oxygens (including phenoxy) is 1. The summed E-state index contributed by atoms with van der Waals surface area (Å²) in [6, 6.07) is 8.62. The van der Waals surface area contributed by atoms with Gasteiger partial charge in [-0.2, -0.15) is 0 Å². The van der Waals surface area contributed by atoms with Crippen LogP contribution in [0.1, 0.15) is 30.9 Å². The predicted molar refractivity (Wildman–Crippen MR) is 66.4 cm³/mol. The van der Waals surface area contributed by atoms with Crippen molar-refractivity contribution in [1.29, 1.82) is 0 Å². The molecule has 1 unspecified atom stereocenters. The number of nitrogens with zero attached hydrogens (tertiary/aromatic N) is 1. The Morgan fingerprint density at radius 2 is 2.06 bits per heavy atom. The van der Waals surface area contributed by atoms with Crippen molar-refractivity contribution in [1.82, 2.24) is 4.90 Å². The number of rotatable bonds is 4. The first kappa shape index (κ1) is 11.6. The molecule has 0 radical (unpaired) electrons. The van der Waals surface area contributed by atoms with Gasteiger partial charge in [0.25, 0.3) is 0 Å². The molecule has 0 N–H and O–H groups in total. The first-order valence-corrected chi connectivity index (χ1v) is 6.05. The molecule has 0 aliphatic carbocycles. The van der Waals surface area contributed by atoms with Gasteiger partial charge in [0.15, 0.2) is 0 Å². The Balaban J connectivity index is 2.23. The normalized spacial score (nSPS) is 23.8. The molecular formula is C14H21NO. The van der Waals surface area contributed by atoms with Gasteiger partial charge in [0.2, 0.25) is 0 Å². The van der Waals surface area contributed by atoms with Gasteiger partial charge in [0, 0.05) is 6.54 Å². The Morgan fingerprint density at radius 3 is 2.75 bits per heavy atom. The van der Waals surface area contributed by atoms with Gasteiger partial charge in [-0.1, -0.05) is 31.2 Å². The largest absolute Gasteiger partial charge is 0.366 e. The third kappa shape index (κ3) is 2.00. The minimum atomic E-state index is -0.0408. The Labute approximate surface area is 98.2 Å². The average molecular weight is 219 g/mol. The molecule has 88 valence electrons. The second kappa shape index (κ2) is 4.56. The third-order valence-electron chi connectivity index (χ3n) is 3.55. The number of hydrogen-bond donors (Lipinski definition) is 0. The zero-order valence-corrected chi connectivity index (χ0v) is 10.5. The maximum atomic E-state index is 6.08. The van der Waals surface area contributed by atoms with Crippen molar-refractivity contribution in [2.75, 3.05) is 20.6 Å². The lowest BCUT2D eigenvalue weighted by atomic mass is 9.87. The van der Waals surface area contributed by atoms with Gasteiger partial charge in [0.05, 0.1) is 12.2 Å². The topological polar surface area (TPSA) is 12.5 Å². The first-order chi connectivity index (χ1) is 7.68. The fourth-order valence-corrected chi connectivity index (χ4v) is 2.46. The molecule has 2 heteroatoms. The maximum Gasteiger partial charge on any atom is 0.0948 e. The monoisotopic (exact) mass is 219 g/mol. The lowest BCUT2D eigenvalue weighted by Gasteiger charge is -2.29. The summed E-state index contributed by atoms with van der Waals surface area (Å²) in [7, 11) is 4.23. The minimum absolute atomic E-state index is 0.0408. The third-order valence-corrected chi connectivity index (χ3v) is 3.55. The number of benzene rings is 1.